The van der Waals surface area contributed by atoms with Crippen LogP contribution in [-0.2, 0) is 0 Å². The van der Waals surface area contributed by atoms with Crippen molar-refractivity contribution in [3.05, 3.63) is 121 Å². The second-order valence-electron chi connectivity index (χ2n) is 6.01. The third kappa shape index (κ3) is 3.34. The van der Waals surface area contributed by atoms with Gasteiger partial charge in [-0.15, -0.1) is 24.0 Å². The van der Waals surface area contributed by atoms with Crippen molar-refractivity contribution in [1.29, 1.82) is 0 Å². The molecule has 0 heterocycles. The van der Waals surface area contributed by atoms with Gasteiger partial charge in [0.05, 0.1) is 0 Å². The summed E-state index contributed by atoms with van der Waals surface area (Å²) in [6, 6.07) is 43.8. The molecule has 0 aliphatic rings. The van der Waals surface area contributed by atoms with Gasteiger partial charge < -0.3 is 0 Å². The molecule has 0 saturated carbocycles. The summed E-state index contributed by atoms with van der Waals surface area (Å²) in [5.74, 6) is 0. The molecule has 4 aromatic carbocycles. The Hall–Kier alpha value is -1.96. The second-order valence-corrected chi connectivity index (χ2v) is 9.42. The Bertz CT molecular complexity index is 759. The average Bonchev–Trinajstić information content (AvgIpc) is 2.72. The van der Waals surface area contributed by atoms with E-state index < -0.39 is 7.26 Å². The highest BCUT2D eigenvalue weighted by Gasteiger charge is 2.47. The van der Waals surface area contributed by atoms with E-state index in [9.17, 15) is 0 Å². The third-order valence-corrected chi connectivity index (χ3v) is 8.86. The molecule has 2 heteroatoms. The van der Waals surface area contributed by atoms with E-state index >= 15 is 0 Å². The van der Waals surface area contributed by atoms with Crippen molar-refractivity contribution >= 4 is 52.5 Å². The Morgan fingerprint density at radius 2 is 0.500 bits per heavy atom. The molecular weight excluding hydrogens is 446 g/mol. The van der Waals surface area contributed by atoms with Gasteiger partial charge in [-0.05, 0) is 48.5 Å². The molecule has 0 aliphatic carbocycles. The molecule has 4 rings (SSSR count). The zero-order valence-electron chi connectivity index (χ0n) is 14.4. The molecule has 0 nitrogen and oxygen atoms in total. The van der Waals surface area contributed by atoms with E-state index in [0.29, 0.717) is 0 Å². The van der Waals surface area contributed by atoms with Crippen molar-refractivity contribution in [3.63, 3.8) is 0 Å². The number of hydrogen-bond donors (Lipinski definition) is 0. The first-order valence-electron chi connectivity index (χ1n) is 8.54. The van der Waals surface area contributed by atoms with E-state index in [2.05, 4.69) is 121 Å². The summed E-state index contributed by atoms with van der Waals surface area (Å²) < 4.78 is 0. The minimum atomic E-state index is -1.91. The summed E-state index contributed by atoms with van der Waals surface area (Å²) in [7, 11) is -1.91. The number of rotatable bonds is 4. The maximum Gasteiger partial charge on any atom is 0.144 e. The standard InChI is InChI=1S/C24H20P.HI/c1-5-13-21(14-6-1)25(22-15-7-2-8-16-22,23-17-9-3-10-18-23)24-19-11-4-12-20-24;/h1-20H;1H/q+1;. The predicted octanol–water partition coefficient (Wildman–Crippen LogP) is 4.92. The lowest BCUT2D eigenvalue weighted by atomic mass is 10.3. The van der Waals surface area contributed by atoms with Crippen LogP contribution in [0.5, 0.6) is 0 Å². The summed E-state index contributed by atoms with van der Waals surface area (Å²) in [5, 5.41) is 5.55. The normalized spacial score (nSPS) is 10.8. The molecule has 0 fully saturated rings. The van der Waals surface area contributed by atoms with Gasteiger partial charge in [-0.2, -0.15) is 0 Å². The molecule has 0 saturated heterocycles. The van der Waals surface area contributed by atoms with E-state index in [-0.39, 0.29) is 24.0 Å². The quantitative estimate of drug-likeness (QED) is 0.295. The lowest BCUT2D eigenvalue weighted by Gasteiger charge is -2.27. The molecule has 0 unspecified atom stereocenters. The second kappa shape index (κ2) is 8.62. The SMILES string of the molecule is I.c1ccc([P+](c2ccccc2)(c2ccccc2)c2ccccc2)cc1. The van der Waals surface area contributed by atoms with Gasteiger partial charge in [0.2, 0.25) is 0 Å². The van der Waals surface area contributed by atoms with E-state index in [1.54, 1.807) is 0 Å². The zero-order valence-corrected chi connectivity index (χ0v) is 17.6. The first kappa shape index (κ1) is 18.8. The molecule has 26 heavy (non-hydrogen) atoms. The first-order valence-corrected chi connectivity index (χ1v) is 10.3. The Morgan fingerprint density at radius 3 is 0.692 bits per heavy atom. The smallest absolute Gasteiger partial charge is 0.107 e. The van der Waals surface area contributed by atoms with Crippen molar-refractivity contribution in [2.45, 2.75) is 0 Å². The zero-order chi connectivity index (χ0) is 17.0. The Morgan fingerprint density at radius 1 is 0.308 bits per heavy atom. The number of halogens is 1. The van der Waals surface area contributed by atoms with Crippen LogP contribution in [0.15, 0.2) is 121 Å². The van der Waals surface area contributed by atoms with Crippen LogP contribution in [0.25, 0.3) is 0 Å². The average molecular weight is 467 g/mol. The molecule has 0 N–H and O–H groups in total. The van der Waals surface area contributed by atoms with Crippen LogP contribution in [0.2, 0.25) is 0 Å². The minimum absolute atomic E-state index is 0. The molecule has 0 aromatic heterocycles. The van der Waals surface area contributed by atoms with Gasteiger partial charge in [-0.1, -0.05) is 72.8 Å². The van der Waals surface area contributed by atoms with Crippen LogP contribution < -0.4 is 21.2 Å². The van der Waals surface area contributed by atoms with Crippen LogP contribution in [0.1, 0.15) is 0 Å². The molecule has 0 spiro atoms. The van der Waals surface area contributed by atoms with Gasteiger partial charge in [-0.25, -0.2) is 0 Å². The highest BCUT2D eigenvalue weighted by atomic mass is 127. The van der Waals surface area contributed by atoms with Crippen molar-refractivity contribution in [2.75, 3.05) is 0 Å². The Labute approximate surface area is 173 Å². The summed E-state index contributed by atoms with van der Waals surface area (Å²) >= 11 is 0. The van der Waals surface area contributed by atoms with Gasteiger partial charge in [0.1, 0.15) is 28.5 Å². The molecular formula is C24H21IP+. The van der Waals surface area contributed by atoms with Crippen LogP contribution in [0.4, 0.5) is 0 Å². The van der Waals surface area contributed by atoms with Crippen molar-refractivity contribution < 1.29 is 0 Å². The summed E-state index contributed by atoms with van der Waals surface area (Å²) in [5.41, 5.74) is 0. The van der Waals surface area contributed by atoms with Gasteiger partial charge >= 0.3 is 0 Å². The fraction of sp³-hybridized carbons (Fsp3) is 0. The van der Waals surface area contributed by atoms with Gasteiger partial charge in [0.25, 0.3) is 0 Å². The molecule has 4 aromatic rings. The summed E-state index contributed by atoms with van der Waals surface area (Å²) in [6.45, 7) is 0. The topological polar surface area (TPSA) is 0 Å². The van der Waals surface area contributed by atoms with E-state index in [1.165, 1.54) is 21.2 Å². The lowest BCUT2D eigenvalue weighted by molar-refractivity contribution is 1.71. The monoisotopic (exact) mass is 467 g/mol. The van der Waals surface area contributed by atoms with Gasteiger partial charge in [0, 0.05) is 0 Å². The largest absolute Gasteiger partial charge is 0.144 e. The van der Waals surface area contributed by atoms with E-state index in [0.717, 1.165) is 0 Å². The Balaban J connectivity index is 0.00000196. The Kier molecular flexibility index (Phi) is 6.24. The van der Waals surface area contributed by atoms with Crippen LogP contribution >= 0.6 is 31.2 Å². The van der Waals surface area contributed by atoms with E-state index in [4.69, 9.17) is 0 Å². The lowest BCUT2D eigenvalue weighted by Crippen LogP contribution is -2.38. The summed E-state index contributed by atoms with van der Waals surface area (Å²) in [4.78, 5) is 0. The van der Waals surface area contributed by atoms with Crippen LogP contribution in [0, 0.1) is 0 Å². The molecule has 0 amide bonds. The molecule has 0 atom stereocenters. The fourth-order valence-electron chi connectivity index (χ4n) is 3.50. The highest BCUT2D eigenvalue weighted by Crippen LogP contribution is 2.53. The number of hydrogen-bond acceptors (Lipinski definition) is 0. The fourth-order valence-corrected chi connectivity index (χ4v) is 7.77. The van der Waals surface area contributed by atoms with Crippen LogP contribution in [-0.4, -0.2) is 0 Å². The third-order valence-electron chi connectivity index (χ3n) is 4.57. The minimum Gasteiger partial charge on any atom is -0.107 e. The molecule has 0 aliphatic heterocycles. The first-order chi connectivity index (χ1) is 12.4. The highest BCUT2D eigenvalue weighted by molar-refractivity contribution is 14.0. The molecule has 0 bridgehead atoms. The van der Waals surface area contributed by atoms with Gasteiger partial charge in [-0.3, -0.25) is 0 Å². The van der Waals surface area contributed by atoms with Crippen molar-refractivity contribution in [2.24, 2.45) is 0 Å². The molecule has 128 valence electrons. The van der Waals surface area contributed by atoms with E-state index in [1.807, 2.05) is 0 Å². The summed E-state index contributed by atoms with van der Waals surface area (Å²) in [6.07, 6.45) is 0. The maximum absolute atomic E-state index is 2.28. The van der Waals surface area contributed by atoms with Gasteiger partial charge in [0.15, 0.2) is 0 Å². The predicted molar refractivity (Wildman–Crippen MR) is 127 cm³/mol. The van der Waals surface area contributed by atoms with Crippen molar-refractivity contribution in [3.8, 4) is 0 Å². The molecule has 0 radical (unpaired) electrons. The maximum atomic E-state index is 2.28. The number of benzene rings is 4. The van der Waals surface area contributed by atoms with Crippen molar-refractivity contribution in [1.82, 2.24) is 0 Å². The van der Waals surface area contributed by atoms with Crippen LogP contribution in [0.3, 0.4) is 0 Å².